The van der Waals surface area contributed by atoms with Crippen LogP contribution in [-0.2, 0) is 11.3 Å². The van der Waals surface area contributed by atoms with Gasteiger partial charge in [-0.25, -0.2) is 4.39 Å². The molecule has 1 aliphatic rings. The van der Waals surface area contributed by atoms with Gasteiger partial charge in [-0.2, -0.15) is 0 Å². The van der Waals surface area contributed by atoms with Gasteiger partial charge >= 0.3 is 0 Å². The SMILES string of the molecule is OC1(COc2cccc(F)c2)COCCN(Cc2cnccn2)C1. The largest absolute Gasteiger partial charge is 0.490 e. The van der Waals surface area contributed by atoms with Crippen LogP contribution in [0.4, 0.5) is 4.39 Å². The highest BCUT2D eigenvalue weighted by Crippen LogP contribution is 2.18. The number of aliphatic hydroxyl groups is 1. The highest BCUT2D eigenvalue weighted by Gasteiger charge is 2.33. The van der Waals surface area contributed by atoms with Crippen LogP contribution in [0.1, 0.15) is 5.69 Å². The summed E-state index contributed by atoms with van der Waals surface area (Å²) in [6, 6.07) is 5.86. The van der Waals surface area contributed by atoms with Gasteiger partial charge in [-0.15, -0.1) is 0 Å². The van der Waals surface area contributed by atoms with Crippen molar-refractivity contribution in [2.45, 2.75) is 12.1 Å². The van der Waals surface area contributed by atoms with Gasteiger partial charge < -0.3 is 14.6 Å². The Morgan fingerprint density at radius 2 is 2.29 bits per heavy atom. The lowest BCUT2D eigenvalue weighted by Crippen LogP contribution is -2.48. The molecule has 2 heterocycles. The molecule has 1 aromatic carbocycles. The first-order chi connectivity index (χ1) is 11.6. The number of nitrogens with zero attached hydrogens (tertiary/aromatic N) is 3. The average molecular weight is 333 g/mol. The van der Waals surface area contributed by atoms with E-state index in [-0.39, 0.29) is 19.0 Å². The fourth-order valence-electron chi connectivity index (χ4n) is 2.63. The third-order valence-electron chi connectivity index (χ3n) is 3.75. The van der Waals surface area contributed by atoms with Gasteiger partial charge in [-0.1, -0.05) is 6.07 Å². The van der Waals surface area contributed by atoms with E-state index in [4.69, 9.17) is 9.47 Å². The zero-order valence-corrected chi connectivity index (χ0v) is 13.3. The van der Waals surface area contributed by atoms with E-state index in [1.54, 1.807) is 30.7 Å². The van der Waals surface area contributed by atoms with Crippen molar-refractivity contribution in [2.75, 3.05) is 32.9 Å². The Balaban J connectivity index is 1.62. The number of β-amino-alcohol motifs (C(OH)–C–C–N with tert-alkyl or cyclic N) is 1. The molecule has 0 saturated carbocycles. The molecule has 2 aromatic rings. The predicted octanol–water partition coefficient (Wildman–Crippen LogP) is 1.26. The summed E-state index contributed by atoms with van der Waals surface area (Å²) in [5.41, 5.74) is -0.349. The van der Waals surface area contributed by atoms with Crippen LogP contribution in [0, 0.1) is 5.82 Å². The number of ether oxygens (including phenoxy) is 2. The van der Waals surface area contributed by atoms with E-state index in [0.717, 1.165) is 5.69 Å². The zero-order valence-electron chi connectivity index (χ0n) is 13.3. The number of rotatable bonds is 5. The second-order valence-electron chi connectivity index (χ2n) is 5.93. The van der Waals surface area contributed by atoms with Crippen LogP contribution in [0.3, 0.4) is 0 Å². The van der Waals surface area contributed by atoms with Gasteiger partial charge in [0.05, 0.1) is 18.9 Å². The Bertz CT molecular complexity index is 659. The minimum absolute atomic E-state index is 0.0213. The van der Waals surface area contributed by atoms with Crippen molar-refractivity contribution >= 4 is 0 Å². The number of aromatic nitrogens is 2. The third kappa shape index (κ3) is 4.70. The van der Waals surface area contributed by atoms with Crippen molar-refractivity contribution in [1.82, 2.24) is 14.9 Å². The summed E-state index contributed by atoms with van der Waals surface area (Å²) >= 11 is 0. The van der Waals surface area contributed by atoms with Crippen LogP contribution < -0.4 is 4.74 Å². The molecule has 0 aliphatic carbocycles. The highest BCUT2D eigenvalue weighted by molar-refractivity contribution is 5.22. The van der Waals surface area contributed by atoms with Crippen molar-refractivity contribution in [1.29, 1.82) is 0 Å². The summed E-state index contributed by atoms with van der Waals surface area (Å²) < 4.78 is 24.3. The fourth-order valence-corrected chi connectivity index (χ4v) is 2.63. The first-order valence-corrected chi connectivity index (χ1v) is 7.79. The van der Waals surface area contributed by atoms with Crippen molar-refractivity contribution in [3.8, 4) is 5.75 Å². The molecule has 0 radical (unpaired) electrons. The van der Waals surface area contributed by atoms with Gasteiger partial charge in [-0.05, 0) is 12.1 Å². The molecule has 24 heavy (non-hydrogen) atoms. The quantitative estimate of drug-likeness (QED) is 0.888. The van der Waals surface area contributed by atoms with Gasteiger partial charge in [0.15, 0.2) is 0 Å². The lowest BCUT2D eigenvalue weighted by Gasteiger charge is -2.30. The number of halogens is 1. The molecular weight excluding hydrogens is 313 g/mol. The Labute approximate surface area is 139 Å². The molecule has 1 aliphatic heterocycles. The molecule has 1 saturated heterocycles. The van der Waals surface area contributed by atoms with Crippen LogP contribution in [0.2, 0.25) is 0 Å². The number of hydrogen-bond acceptors (Lipinski definition) is 6. The highest BCUT2D eigenvalue weighted by atomic mass is 19.1. The molecule has 0 spiro atoms. The van der Waals surface area contributed by atoms with E-state index in [1.807, 2.05) is 4.90 Å². The van der Waals surface area contributed by atoms with Crippen LogP contribution in [0.25, 0.3) is 0 Å². The fraction of sp³-hybridized carbons (Fsp3) is 0.412. The van der Waals surface area contributed by atoms with Gasteiger partial charge in [-0.3, -0.25) is 14.9 Å². The van der Waals surface area contributed by atoms with E-state index in [2.05, 4.69) is 9.97 Å². The minimum atomic E-state index is -1.18. The molecule has 0 bridgehead atoms. The monoisotopic (exact) mass is 333 g/mol. The molecule has 128 valence electrons. The summed E-state index contributed by atoms with van der Waals surface area (Å²) in [4.78, 5) is 10.4. The molecule has 0 amide bonds. The normalized spacial score (nSPS) is 22.1. The van der Waals surface area contributed by atoms with Crippen LogP contribution in [0.5, 0.6) is 5.75 Å². The predicted molar refractivity (Wildman–Crippen MR) is 85.0 cm³/mol. The molecule has 1 fully saturated rings. The first-order valence-electron chi connectivity index (χ1n) is 7.79. The van der Waals surface area contributed by atoms with E-state index < -0.39 is 5.60 Å². The summed E-state index contributed by atoms with van der Waals surface area (Å²) in [6.07, 6.45) is 4.97. The lowest BCUT2D eigenvalue weighted by atomic mass is 10.1. The minimum Gasteiger partial charge on any atom is -0.490 e. The van der Waals surface area contributed by atoms with Crippen LogP contribution in [-0.4, -0.2) is 58.5 Å². The van der Waals surface area contributed by atoms with Gasteiger partial charge in [0.25, 0.3) is 0 Å². The topological polar surface area (TPSA) is 67.7 Å². The standard InChI is InChI=1S/C17H20FN3O3/c18-14-2-1-3-16(8-14)24-13-17(22)11-21(6-7-23-12-17)10-15-9-19-4-5-20-15/h1-5,8-9,22H,6-7,10-13H2. The molecule has 1 atom stereocenters. The zero-order chi connectivity index (χ0) is 16.8. The molecule has 6 nitrogen and oxygen atoms in total. The van der Waals surface area contributed by atoms with Crippen molar-refractivity contribution < 1.29 is 19.0 Å². The third-order valence-corrected chi connectivity index (χ3v) is 3.75. The summed E-state index contributed by atoms with van der Waals surface area (Å²) in [5.74, 6) is 0.00836. The van der Waals surface area contributed by atoms with Crippen molar-refractivity contribution in [3.05, 3.63) is 54.4 Å². The molecule has 7 heteroatoms. The maximum absolute atomic E-state index is 13.2. The maximum atomic E-state index is 13.2. The van der Waals surface area contributed by atoms with E-state index in [0.29, 0.717) is 32.0 Å². The Kier molecular flexibility index (Phi) is 5.34. The molecule has 1 N–H and O–H groups in total. The second-order valence-corrected chi connectivity index (χ2v) is 5.93. The van der Waals surface area contributed by atoms with E-state index in [1.165, 1.54) is 12.1 Å². The smallest absolute Gasteiger partial charge is 0.134 e. The Morgan fingerprint density at radius 1 is 1.38 bits per heavy atom. The summed E-state index contributed by atoms with van der Waals surface area (Å²) in [6.45, 7) is 2.33. The molecule has 1 unspecified atom stereocenters. The summed E-state index contributed by atoms with van der Waals surface area (Å²) in [5, 5.41) is 10.8. The average Bonchev–Trinajstić information content (AvgIpc) is 2.76. The van der Waals surface area contributed by atoms with Gasteiger partial charge in [0, 0.05) is 44.3 Å². The van der Waals surface area contributed by atoms with Crippen molar-refractivity contribution in [3.63, 3.8) is 0 Å². The number of benzene rings is 1. The van der Waals surface area contributed by atoms with E-state index >= 15 is 0 Å². The molecule has 3 rings (SSSR count). The number of hydrogen-bond donors (Lipinski definition) is 1. The Hall–Kier alpha value is -2.09. The Morgan fingerprint density at radius 3 is 3.08 bits per heavy atom. The van der Waals surface area contributed by atoms with Gasteiger partial charge in [0.1, 0.15) is 23.8 Å². The maximum Gasteiger partial charge on any atom is 0.134 e. The van der Waals surface area contributed by atoms with E-state index in [9.17, 15) is 9.50 Å². The molecular formula is C17H20FN3O3. The van der Waals surface area contributed by atoms with Crippen LogP contribution >= 0.6 is 0 Å². The van der Waals surface area contributed by atoms with Crippen molar-refractivity contribution in [2.24, 2.45) is 0 Å². The van der Waals surface area contributed by atoms with Gasteiger partial charge in [0.2, 0.25) is 0 Å². The first kappa shape index (κ1) is 16.8. The second kappa shape index (κ2) is 7.65. The van der Waals surface area contributed by atoms with Crippen LogP contribution in [0.15, 0.2) is 42.9 Å². The lowest BCUT2D eigenvalue weighted by molar-refractivity contribution is -0.0647. The molecule has 1 aromatic heterocycles. The summed E-state index contributed by atoms with van der Waals surface area (Å²) in [7, 11) is 0.